The molecule has 9 heteroatoms. The number of carbonyl (C=O) groups excluding carboxylic acids is 1. The maximum absolute atomic E-state index is 15.3. The zero-order valence-corrected chi connectivity index (χ0v) is 18.5. The highest BCUT2D eigenvalue weighted by Crippen LogP contribution is 2.38. The molecule has 0 bridgehead atoms. The maximum Gasteiger partial charge on any atom is 0.413 e. The largest absolute Gasteiger partial charge is 0.446 e. The summed E-state index contributed by atoms with van der Waals surface area (Å²) in [5, 5.41) is 16.4. The van der Waals surface area contributed by atoms with Crippen LogP contribution in [0.25, 0.3) is 21.9 Å². The summed E-state index contributed by atoms with van der Waals surface area (Å²) in [5.74, 6) is 0.227. The lowest BCUT2D eigenvalue weighted by atomic mass is 9.92. The number of nitrogen functional groups attached to an aromatic ring is 1. The highest BCUT2D eigenvalue weighted by molar-refractivity contribution is 5.99. The van der Waals surface area contributed by atoms with E-state index >= 15 is 4.39 Å². The van der Waals surface area contributed by atoms with Crippen LogP contribution in [0.4, 0.5) is 26.4 Å². The van der Waals surface area contributed by atoms with Crippen LogP contribution in [0.2, 0.25) is 0 Å². The molecule has 0 spiro atoms. The third-order valence-electron chi connectivity index (χ3n) is 6.45. The summed E-state index contributed by atoms with van der Waals surface area (Å²) in [5.41, 5.74) is 9.98. The molecule has 1 aliphatic heterocycles. The molecule has 0 saturated heterocycles. The van der Waals surface area contributed by atoms with Crippen molar-refractivity contribution in [2.24, 2.45) is 5.92 Å². The molecule has 2 aromatic heterocycles. The van der Waals surface area contributed by atoms with E-state index in [1.165, 1.54) is 6.20 Å². The molecule has 1 aliphatic carbocycles. The second-order valence-electron chi connectivity index (χ2n) is 9.03. The summed E-state index contributed by atoms with van der Waals surface area (Å²) in [7, 11) is 0. The van der Waals surface area contributed by atoms with Gasteiger partial charge in [0.1, 0.15) is 11.9 Å². The number of ether oxygens (including phenoxy) is 1. The predicted molar refractivity (Wildman–Crippen MR) is 125 cm³/mol. The van der Waals surface area contributed by atoms with Crippen LogP contribution in [0.15, 0.2) is 24.5 Å². The number of fused-ring (bicyclic) bond motifs is 2. The van der Waals surface area contributed by atoms with E-state index in [1.54, 1.807) is 18.3 Å². The van der Waals surface area contributed by atoms with Crippen molar-refractivity contribution >= 4 is 34.1 Å². The number of hydrogen-bond acceptors (Lipinski definition) is 7. The number of rotatable bonds is 3. The minimum Gasteiger partial charge on any atom is -0.446 e. The van der Waals surface area contributed by atoms with Crippen molar-refractivity contribution in [3.05, 3.63) is 41.6 Å². The van der Waals surface area contributed by atoms with Crippen molar-refractivity contribution in [3.63, 3.8) is 0 Å². The summed E-state index contributed by atoms with van der Waals surface area (Å²) < 4.78 is 20.5. The summed E-state index contributed by atoms with van der Waals surface area (Å²) in [6, 6.07) is 3.33. The standard InChI is InChI=1S/C24H26FN5O3/c1-11-3-19-23(29-8-11)12(2)17(9-27-19)16-4-13-5-20(28-10-18(13)22(26)21(16)25)30-24(32)33-15-6-14(31)7-15/h4-5,9-11,14-15,29,31H,3,6-8,26H2,1-2H3,(H,28,30,32)/t11-,14-,15+/m0/s1. The molecule has 5 rings (SSSR count). The summed E-state index contributed by atoms with van der Waals surface area (Å²) in [6.07, 6.45) is 3.50. The lowest BCUT2D eigenvalue weighted by molar-refractivity contribution is -0.0308. The van der Waals surface area contributed by atoms with E-state index in [1.807, 2.05) is 6.92 Å². The number of amides is 1. The number of anilines is 3. The first-order chi connectivity index (χ1) is 15.8. The molecular formula is C24H26FN5O3. The normalized spacial score (nSPS) is 21.6. The van der Waals surface area contributed by atoms with Crippen molar-refractivity contribution < 1.29 is 19.0 Å². The van der Waals surface area contributed by atoms with Gasteiger partial charge < -0.3 is 20.9 Å². The van der Waals surface area contributed by atoms with Crippen molar-refractivity contribution in [2.45, 2.75) is 45.3 Å². The number of nitrogens with two attached hydrogens (primary N) is 1. The van der Waals surface area contributed by atoms with Gasteiger partial charge in [-0.2, -0.15) is 0 Å². The molecule has 33 heavy (non-hydrogen) atoms. The quantitative estimate of drug-likeness (QED) is 0.444. The number of aliphatic hydroxyl groups is 1. The average molecular weight is 452 g/mol. The van der Waals surface area contributed by atoms with Crippen LogP contribution in [0.1, 0.15) is 31.0 Å². The minimum absolute atomic E-state index is 0.00807. The number of carbonyl (C=O) groups is 1. The lowest BCUT2D eigenvalue weighted by Crippen LogP contribution is -2.37. The first-order valence-corrected chi connectivity index (χ1v) is 11.1. The Bertz CT molecular complexity index is 1260. The van der Waals surface area contributed by atoms with E-state index in [9.17, 15) is 9.90 Å². The van der Waals surface area contributed by atoms with Gasteiger partial charge in [-0.15, -0.1) is 0 Å². The Hall–Kier alpha value is -3.46. The van der Waals surface area contributed by atoms with Crippen LogP contribution in [0.5, 0.6) is 0 Å². The maximum atomic E-state index is 15.3. The number of nitrogens with one attached hydrogen (secondary N) is 2. The van der Waals surface area contributed by atoms with E-state index in [4.69, 9.17) is 10.5 Å². The first-order valence-electron chi connectivity index (χ1n) is 11.1. The second-order valence-corrected chi connectivity index (χ2v) is 9.03. The number of hydrogen-bond donors (Lipinski definition) is 4. The Morgan fingerprint density at radius 2 is 2.06 bits per heavy atom. The Balaban J connectivity index is 1.48. The highest BCUT2D eigenvalue weighted by Gasteiger charge is 2.30. The number of halogens is 1. The lowest BCUT2D eigenvalue weighted by Gasteiger charge is -2.30. The van der Waals surface area contributed by atoms with Crippen LogP contribution in [-0.2, 0) is 11.2 Å². The molecule has 1 fully saturated rings. The van der Waals surface area contributed by atoms with Gasteiger partial charge in [-0.1, -0.05) is 6.92 Å². The summed E-state index contributed by atoms with van der Waals surface area (Å²) in [6.45, 7) is 4.96. The topological polar surface area (TPSA) is 122 Å². The van der Waals surface area contributed by atoms with E-state index in [0.717, 1.165) is 29.9 Å². The Morgan fingerprint density at radius 3 is 2.82 bits per heavy atom. The molecule has 3 heterocycles. The molecule has 2 aliphatic rings. The van der Waals surface area contributed by atoms with E-state index < -0.39 is 18.0 Å². The van der Waals surface area contributed by atoms with Crippen molar-refractivity contribution in [3.8, 4) is 11.1 Å². The van der Waals surface area contributed by atoms with Crippen LogP contribution in [0, 0.1) is 18.7 Å². The Labute approximate surface area is 190 Å². The monoisotopic (exact) mass is 451 g/mol. The van der Waals surface area contributed by atoms with E-state index in [2.05, 4.69) is 27.5 Å². The number of benzene rings is 1. The fourth-order valence-corrected chi connectivity index (χ4v) is 4.48. The van der Waals surface area contributed by atoms with Crippen LogP contribution >= 0.6 is 0 Å². The van der Waals surface area contributed by atoms with Gasteiger partial charge in [0.05, 0.1) is 23.2 Å². The van der Waals surface area contributed by atoms with Crippen molar-refractivity contribution in [1.29, 1.82) is 0 Å². The first kappa shape index (κ1) is 21.4. The Morgan fingerprint density at radius 1 is 1.27 bits per heavy atom. The highest BCUT2D eigenvalue weighted by atomic mass is 19.1. The van der Waals surface area contributed by atoms with E-state index in [0.29, 0.717) is 40.7 Å². The molecule has 8 nitrogen and oxygen atoms in total. The number of pyridine rings is 2. The van der Waals surface area contributed by atoms with Gasteiger partial charge in [0.2, 0.25) is 0 Å². The van der Waals surface area contributed by atoms with Gasteiger partial charge >= 0.3 is 6.09 Å². The third kappa shape index (κ3) is 3.93. The second kappa shape index (κ2) is 8.15. The predicted octanol–water partition coefficient (Wildman–Crippen LogP) is 4.00. The van der Waals surface area contributed by atoms with Gasteiger partial charge in [0.15, 0.2) is 5.82 Å². The number of aliphatic hydroxyl groups excluding tert-OH is 1. The Kier molecular flexibility index (Phi) is 5.28. The van der Waals surface area contributed by atoms with Crippen molar-refractivity contribution in [2.75, 3.05) is 22.9 Å². The van der Waals surface area contributed by atoms with Gasteiger partial charge in [0.25, 0.3) is 0 Å². The van der Waals surface area contributed by atoms with Gasteiger partial charge in [0, 0.05) is 48.3 Å². The molecule has 1 saturated carbocycles. The van der Waals surface area contributed by atoms with Crippen LogP contribution in [0.3, 0.4) is 0 Å². The van der Waals surface area contributed by atoms with Crippen LogP contribution < -0.4 is 16.4 Å². The van der Waals surface area contributed by atoms with Crippen LogP contribution in [-0.4, -0.2) is 39.9 Å². The molecule has 5 N–H and O–H groups in total. The SMILES string of the molecule is Cc1c(-c2cc3cc(NC(=O)O[C@H]4C[C@@H](O)C4)ncc3c(N)c2F)cnc2c1NC[C@@H](C)C2. The molecule has 1 atom stereocenters. The van der Waals surface area contributed by atoms with E-state index in [-0.39, 0.29) is 17.6 Å². The zero-order valence-electron chi connectivity index (χ0n) is 18.5. The van der Waals surface area contributed by atoms with Crippen molar-refractivity contribution in [1.82, 2.24) is 9.97 Å². The minimum atomic E-state index is -0.649. The average Bonchev–Trinajstić information content (AvgIpc) is 2.75. The molecule has 0 radical (unpaired) electrons. The van der Waals surface area contributed by atoms with Gasteiger partial charge in [-0.05, 0) is 42.3 Å². The number of aromatic nitrogens is 2. The van der Waals surface area contributed by atoms with Gasteiger partial charge in [-0.3, -0.25) is 10.3 Å². The molecular weight excluding hydrogens is 425 g/mol. The summed E-state index contributed by atoms with van der Waals surface area (Å²) >= 11 is 0. The fourth-order valence-electron chi connectivity index (χ4n) is 4.48. The molecule has 3 aromatic rings. The molecule has 172 valence electrons. The fraction of sp³-hybridized carbons (Fsp3) is 0.375. The molecule has 0 unspecified atom stereocenters. The van der Waals surface area contributed by atoms with Gasteiger partial charge in [-0.25, -0.2) is 14.2 Å². The third-order valence-corrected chi connectivity index (χ3v) is 6.45. The zero-order chi connectivity index (χ0) is 23.3. The summed E-state index contributed by atoms with van der Waals surface area (Å²) in [4.78, 5) is 20.9. The smallest absolute Gasteiger partial charge is 0.413 e. The molecule has 1 aromatic carbocycles. The molecule has 1 amide bonds. The number of nitrogens with zero attached hydrogens (tertiary/aromatic N) is 2.